The molecule has 1 fully saturated rings. The summed E-state index contributed by atoms with van der Waals surface area (Å²) in [6.07, 6.45) is 15.1. The summed E-state index contributed by atoms with van der Waals surface area (Å²) in [6.45, 7) is 14.3. The van der Waals surface area contributed by atoms with Gasteiger partial charge in [0.25, 0.3) is 0 Å². The van der Waals surface area contributed by atoms with Gasteiger partial charge in [-0.1, -0.05) is 0 Å². The van der Waals surface area contributed by atoms with Crippen LogP contribution in [0.2, 0.25) is 17.2 Å². The van der Waals surface area contributed by atoms with E-state index >= 15 is 0 Å². The van der Waals surface area contributed by atoms with Crippen molar-refractivity contribution in [3.8, 4) is 0 Å². The van der Waals surface area contributed by atoms with Crippen molar-refractivity contribution >= 4 is 18.4 Å². The van der Waals surface area contributed by atoms with Crippen LogP contribution in [-0.2, 0) is 4.74 Å². The summed E-state index contributed by atoms with van der Waals surface area (Å²) >= 11 is -2.17. The Balaban J connectivity index is 3.06. The van der Waals surface area contributed by atoms with Crippen molar-refractivity contribution in [2.45, 2.75) is 116 Å². The average molecular weight is 486 g/mol. The summed E-state index contributed by atoms with van der Waals surface area (Å²) in [5.41, 5.74) is 1.63. The molecule has 2 nitrogen and oxygen atoms in total. The SMILES string of the molecule is CCC[CH2][Sn]([CH2]CCC)([CH2]CCC)[CH](C)/C=C(\CC)N1CCCC1COC. The van der Waals surface area contributed by atoms with Crippen LogP contribution in [-0.4, -0.2) is 49.6 Å². The molecule has 1 rings (SSSR count). The summed E-state index contributed by atoms with van der Waals surface area (Å²) in [5, 5.41) is 0. The van der Waals surface area contributed by atoms with Gasteiger partial charge < -0.3 is 0 Å². The Labute approximate surface area is 175 Å². The van der Waals surface area contributed by atoms with Gasteiger partial charge in [0.1, 0.15) is 0 Å². The molecule has 2 atom stereocenters. The van der Waals surface area contributed by atoms with Gasteiger partial charge >= 0.3 is 176 Å². The van der Waals surface area contributed by atoms with Gasteiger partial charge in [0.2, 0.25) is 0 Å². The van der Waals surface area contributed by atoms with Gasteiger partial charge in [-0.15, -0.1) is 0 Å². The first-order valence-electron chi connectivity index (χ1n) is 12.0. The molecule has 1 heterocycles. The minimum absolute atomic E-state index is 0.611. The number of hydrogen-bond acceptors (Lipinski definition) is 2. The fourth-order valence-corrected chi connectivity index (χ4v) is 21.8. The van der Waals surface area contributed by atoms with Crippen molar-refractivity contribution in [3.05, 3.63) is 11.8 Å². The Bertz CT molecular complexity index is 387. The maximum atomic E-state index is 5.53. The second kappa shape index (κ2) is 14.3. The van der Waals surface area contributed by atoms with E-state index in [1.807, 2.05) is 7.11 Å². The van der Waals surface area contributed by atoms with E-state index in [-0.39, 0.29) is 0 Å². The van der Waals surface area contributed by atoms with Crippen LogP contribution in [0.3, 0.4) is 0 Å². The first-order valence-corrected chi connectivity index (χ1v) is 19.7. The number of rotatable bonds is 15. The van der Waals surface area contributed by atoms with Crippen molar-refractivity contribution < 1.29 is 4.74 Å². The molecule has 0 amide bonds. The molecule has 0 radical (unpaired) electrons. The molecule has 1 aliphatic heterocycles. The van der Waals surface area contributed by atoms with Crippen molar-refractivity contribution in [2.75, 3.05) is 20.3 Å². The van der Waals surface area contributed by atoms with E-state index in [9.17, 15) is 0 Å². The molecular formula is C24H49NOSn. The number of ether oxygens (including phenoxy) is 1. The van der Waals surface area contributed by atoms with E-state index in [4.69, 9.17) is 4.74 Å². The summed E-state index contributed by atoms with van der Waals surface area (Å²) in [5.74, 6) is 0. The van der Waals surface area contributed by atoms with Crippen molar-refractivity contribution in [1.82, 2.24) is 4.90 Å². The number of nitrogens with zero attached hydrogens (tertiary/aromatic N) is 1. The van der Waals surface area contributed by atoms with Crippen LogP contribution >= 0.6 is 0 Å². The normalized spacial score (nSPS) is 19.7. The van der Waals surface area contributed by atoms with Gasteiger partial charge in [-0.05, 0) is 0 Å². The number of methoxy groups -OCH3 is 1. The summed E-state index contributed by atoms with van der Waals surface area (Å²) < 4.78 is 11.2. The average Bonchev–Trinajstić information content (AvgIpc) is 3.14. The van der Waals surface area contributed by atoms with Gasteiger partial charge in [-0.25, -0.2) is 0 Å². The molecule has 0 saturated carbocycles. The second-order valence-corrected chi connectivity index (χ2v) is 23.6. The molecule has 3 heteroatoms. The monoisotopic (exact) mass is 487 g/mol. The van der Waals surface area contributed by atoms with Crippen LogP contribution in [0.15, 0.2) is 11.8 Å². The zero-order valence-corrected chi connectivity index (χ0v) is 22.3. The predicted octanol–water partition coefficient (Wildman–Crippen LogP) is 7.63. The van der Waals surface area contributed by atoms with Crippen molar-refractivity contribution in [2.24, 2.45) is 0 Å². The van der Waals surface area contributed by atoms with E-state index in [2.05, 4.69) is 45.6 Å². The van der Waals surface area contributed by atoms with Gasteiger partial charge in [0.15, 0.2) is 0 Å². The fraction of sp³-hybridized carbons (Fsp3) is 0.917. The zero-order valence-electron chi connectivity index (χ0n) is 19.5. The quantitative estimate of drug-likeness (QED) is 0.221. The molecule has 0 aromatic carbocycles. The molecule has 160 valence electrons. The molecule has 1 saturated heterocycles. The van der Waals surface area contributed by atoms with Crippen LogP contribution in [0.25, 0.3) is 0 Å². The first kappa shape index (κ1) is 25.3. The van der Waals surface area contributed by atoms with E-state index in [1.165, 1.54) is 64.3 Å². The van der Waals surface area contributed by atoms with Gasteiger partial charge in [-0.2, -0.15) is 0 Å². The molecule has 27 heavy (non-hydrogen) atoms. The van der Waals surface area contributed by atoms with Crippen molar-refractivity contribution in [3.63, 3.8) is 0 Å². The van der Waals surface area contributed by atoms with Crippen LogP contribution in [0.5, 0.6) is 0 Å². The topological polar surface area (TPSA) is 12.5 Å². The summed E-state index contributed by atoms with van der Waals surface area (Å²) in [6, 6.07) is 0.611. The Morgan fingerprint density at radius 1 is 1.04 bits per heavy atom. The Morgan fingerprint density at radius 2 is 1.59 bits per heavy atom. The third-order valence-electron chi connectivity index (χ3n) is 6.96. The molecule has 0 spiro atoms. The molecule has 0 aromatic rings. The van der Waals surface area contributed by atoms with Crippen LogP contribution in [0.4, 0.5) is 0 Å². The van der Waals surface area contributed by atoms with Gasteiger partial charge in [0, 0.05) is 0 Å². The third kappa shape index (κ3) is 7.91. The molecular weight excluding hydrogens is 437 g/mol. The Morgan fingerprint density at radius 3 is 2.04 bits per heavy atom. The summed E-state index contributed by atoms with van der Waals surface area (Å²) in [7, 11) is 1.86. The molecule has 2 unspecified atom stereocenters. The predicted molar refractivity (Wildman–Crippen MR) is 124 cm³/mol. The van der Waals surface area contributed by atoms with E-state index < -0.39 is 18.4 Å². The number of likely N-dealkylation sites (tertiary alicyclic amines) is 1. The second-order valence-electron chi connectivity index (χ2n) is 8.92. The molecule has 0 N–H and O–H groups in total. The summed E-state index contributed by atoms with van der Waals surface area (Å²) in [4.78, 5) is 2.70. The standard InChI is InChI=1S/C12H22NO.3C4H9.Sn/c1-4-7-11(5-2)13-9-6-8-12(13)10-14-3;3*1-3-4-2;/h4,7,12H,5-6,8-10H2,1-3H3;3*1,3-4H2,2H3;/b11-7+;;;;. The minimum atomic E-state index is -2.17. The third-order valence-corrected chi connectivity index (χ3v) is 24.5. The maximum absolute atomic E-state index is 5.53. The van der Waals surface area contributed by atoms with Gasteiger partial charge in [-0.3, -0.25) is 0 Å². The molecule has 0 bridgehead atoms. The number of allylic oxidation sites excluding steroid dienone is 2. The van der Waals surface area contributed by atoms with Crippen LogP contribution in [0.1, 0.15) is 92.4 Å². The van der Waals surface area contributed by atoms with Crippen molar-refractivity contribution in [1.29, 1.82) is 0 Å². The molecule has 0 aliphatic carbocycles. The van der Waals surface area contributed by atoms with E-state index in [0.29, 0.717) is 6.04 Å². The van der Waals surface area contributed by atoms with Crippen LogP contribution in [0, 0.1) is 0 Å². The number of hydrogen-bond donors (Lipinski definition) is 0. The molecule has 1 aliphatic rings. The fourth-order valence-electron chi connectivity index (χ4n) is 5.11. The Hall–Kier alpha value is 0.299. The number of unbranched alkanes of at least 4 members (excludes halogenated alkanes) is 3. The zero-order chi connectivity index (χ0) is 20.1. The van der Waals surface area contributed by atoms with Crippen LogP contribution < -0.4 is 0 Å². The first-order chi connectivity index (χ1) is 13.1. The van der Waals surface area contributed by atoms with E-state index in [0.717, 1.165) is 10.5 Å². The van der Waals surface area contributed by atoms with Gasteiger partial charge in [0.05, 0.1) is 0 Å². The Kier molecular flexibility index (Phi) is 13.4. The molecule has 0 aromatic heterocycles. The van der Waals surface area contributed by atoms with E-state index in [1.54, 1.807) is 19.0 Å².